The molecular formula is C34H45BN2O6. The molecule has 0 radical (unpaired) electrons. The number of hydrogen-bond donors (Lipinski definition) is 1. The summed E-state index contributed by atoms with van der Waals surface area (Å²) in [6.07, 6.45) is 2.07. The van der Waals surface area contributed by atoms with Crippen LogP contribution in [0.3, 0.4) is 0 Å². The Morgan fingerprint density at radius 2 is 1.65 bits per heavy atom. The number of carbonyl (C=O) groups excluding carboxylic acids is 1. The zero-order chi connectivity index (χ0) is 31.5. The first kappa shape index (κ1) is 31.1. The molecule has 0 amide bonds. The molecule has 0 unspecified atom stereocenters. The zero-order valence-electron chi connectivity index (χ0n) is 27.3. The van der Waals surface area contributed by atoms with E-state index in [-0.39, 0.29) is 16.9 Å². The molecule has 0 saturated carbocycles. The van der Waals surface area contributed by atoms with Crippen molar-refractivity contribution in [3.63, 3.8) is 0 Å². The first-order chi connectivity index (χ1) is 20.0. The van der Waals surface area contributed by atoms with Crippen LogP contribution in [0, 0.1) is 19.3 Å². The maximum absolute atomic E-state index is 13.7. The molecule has 2 fully saturated rings. The van der Waals surface area contributed by atoms with Gasteiger partial charge in [-0.1, -0.05) is 26.0 Å². The van der Waals surface area contributed by atoms with Gasteiger partial charge in [-0.05, 0) is 90.5 Å². The molecule has 3 aromatic rings. The maximum atomic E-state index is 13.7. The minimum absolute atomic E-state index is 0.0103. The van der Waals surface area contributed by atoms with E-state index in [0.717, 1.165) is 37.1 Å². The highest BCUT2D eigenvalue weighted by Gasteiger charge is 2.53. The molecule has 0 aliphatic carbocycles. The lowest BCUT2D eigenvalue weighted by molar-refractivity contribution is 0.00578. The van der Waals surface area contributed by atoms with Crippen molar-refractivity contribution in [1.82, 2.24) is 0 Å². The fourth-order valence-corrected chi connectivity index (χ4v) is 6.00. The van der Waals surface area contributed by atoms with Crippen LogP contribution in [0.15, 0.2) is 39.5 Å². The highest BCUT2D eigenvalue weighted by molar-refractivity contribution is 6.65. The van der Waals surface area contributed by atoms with Gasteiger partial charge in [0.05, 0.1) is 40.9 Å². The largest absolute Gasteiger partial charge is 0.497 e. The van der Waals surface area contributed by atoms with Crippen LogP contribution in [0.5, 0.6) is 0 Å². The molecule has 2 aliphatic rings. The molecule has 1 N–H and O–H groups in total. The molecular weight excluding hydrogens is 543 g/mol. The van der Waals surface area contributed by atoms with Crippen LogP contribution in [-0.2, 0) is 14.0 Å². The average molecular weight is 589 g/mol. The molecule has 0 spiro atoms. The average Bonchev–Trinajstić information content (AvgIpc) is 3.16. The van der Waals surface area contributed by atoms with Crippen LogP contribution >= 0.6 is 0 Å². The van der Waals surface area contributed by atoms with Gasteiger partial charge in [-0.15, -0.1) is 0 Å². The predicted molar refractivity (Wildman–Crippen MR) is 173 cm³/mol. The van der Waals surface area contributed by atoms with Crippen molar-refractivity contribution in [2.45, 2.75) is 92.4 Å². The number of hydrogen-bond acceptors (Lipinski definition) is 8. The van der Waals surface area contributed by atoms with E-state index >= 15 is 0 Å². The molecule has 230 valence electrons. The predicted octanol–water partition coefficient (Wildman–Crippen LogP) is 6.30. The fourth-order valence-electron chi connectivity index (χ4n) is 6.00. The van der Waals surface area contributed by atoms with E-state index in [2.05, 4.69) is 30.1 Å². The summed E-state index contributed by atoms with van der Waals surface area (Å²) in [5.74, 6) is 0.175. The van der Waals surface area contributed by atoms with Crippen LogP contribution in [0.4, 0.5) is 11.6 Å². The van der Waals surface area contributed by atoms with Crippen LogP contribution in [-0.4, -0.2) is 44.5 Å². The van der Waals surface area contributed by atoms with Gasteiger partial charge in [0.1, 0.15) is 5.58 Å². The maximum Gasteiger partial charge on any atom is 0.497 e. The van der Waals surface area contributed by atoms with Crippen molar-refractivity contribution in [3.8, 4) is 0 Å². The Labute approximate surface area is 255 Å². The number of esters is 1. The smallest absolute Gasteiger partial charge is 0.465 e. The quantitative estimate of drug-likeness (QED) is 0.265. The lowest BCUT2D eigenvalue weighted by Crippen LogP contribution is -2.41. The second-order valence-corrected chi connectivity index (χ2v) is 14.0. The SMILES string of the molecule is COC(=O)c1cccc(N[C@H](C)c2cc(C)cc3c(=O)c(C)c(N4CCC(C)(C)CC4)oc23)c1B1OC(C)(C)C(C)(C)O1. The Kier molecular flexibility index (Phi) is 7.97. The first-order valence-electron chi connectivity index (χ1n) is 15.2. The third-order valence-electron chi connectivity index (χ3n) is 9.61. The van der Waals surface area contributed by atoms with Crippen molar-refractivity contribution in [2.75, 3.05) is 30.4 Å². The molecule has 8 nitrogen and oxygen atoms in total. The first-order valence-corrected chi connectivity index (χ1v) is 15.2. The zero-order valence-corrected chi connectivity index (χ0v) is 27.3. The van der Waals surface area contributed by atoms with Gasteiger partial charge < -0.3 is 28.7 Å². The molecule has 2 saturated heterocycles. The standard InChI is InChI=1S/C34H45BN2O6/c1-20-18-24(29-25(19-20)28(38)21(2)30(41-29)37-16-14-32(4,5)15-17-37)22(3)36-26-13-11-12-23(31(39)40-10)27(26)35-42-33(6,7)34(8,9)43-35/h11-13,18-19,22,36H,14-17H2,1-10H3/t22-/m1/s1. The third kappa shape index (κ3) is 5.69. The van der Waals surface area contributed by atoms with E-state index in [1.54, 1.807) is 6.07 Å². The fraction of sp³-hybridized carbons (Fsp3) is 0.529. The topological polar surface area (TPSA) is 90.2 Å². The number of aryl methyl sites for hydroxylation is 1. The van der Waals surface area contributed by atoms with E-state index in [9.17, 15) is 9.59 Å². The summed E-state index contributed by atoms with van der Waals surface area (Å²) < 4.78 is 24.6. The molecule has 43 heavy (non-hydrogen) atoms. The van der Waals surface area contributed by atoms with Gasteiger partial charge in [-0.25, -0.2) is 4.79 Å². The number of fused-ring (bicyclic) bond motifs is 1. The number of carbonyl (C=O) groups is 1. The van der Waals surface area contributed by atoms with Crippen molar-refractivity contribution < 1.29 is 23.3 Å². The van der Waals surface area contributed by atoms with Gasteiger partial charge in [-0.2, -0.15) is 0 Å². The Morgan fingerprint density at radius 1 is 1.02 bits per heavy atom. The molecule has 9 heteroatoms. The van der Waals surface area contributed by atoms with E-state index in [4.69, 9.17) is 18.5 Å². The van der Waals surface area contributed by atoms with E-state index < -0.39 is 24.3 Å². The molecule has 3 heterocycles. The van der Waals surface area contributed by atoms with Gasteiger partial charge in [0.15, 0.2) is 5.43 Å². The monoisotopic (exact) mass is 588 g/mol. The highest BCUT2D eigenvalue weighted by Crippen LogP contribution is 2.39. The van der Waals surface area contributed by atoms with E-state index in [0.29, 0.717) is 39.1 Å². The Balaban J connectivity index is 1.59. The van der Waals surface area contributed by atoms with Gasteiger partial charge in [0, 0.05) is 29.8 Å². The van der Waals surface area contributed by atoms with Crippen molar-refractivity contribution >= 4 is 41.1 Å². The van der Waals surface area contributed by atoms with Gasteiger partial charge >= 0.3 is 13.1 Å². The van der Waals surface area contributed by atoms with Crippen LogP contribution in [0.2, 0.25) is 0 Å². The number of methoxy groups -OCH3 is 1. The van der Waals surface area contributed by atoms with E-state index in [1.807, 2.05) is 66.7 Å². The van der Waals surface area contributed by atoms with Crippen LogP contribution in [0.25, 0.3) is 11.0 Å². The molecule has 5 rings (SSSR count). The summed E-state index contributed by atoms with van der Waals surface area (Å²) in [5, 5.41) is 4.16. The molecule has 2 aliphatic heterocycles. The molecule has 1 aromatic heterocycles. The number of rotatable bonds is 6. The number of nitrogens with zero attached hydrogens (tertiary/aromatic N) is 1. The minimum atomic E-state index is -0.792. The lowest BCUT2D eigenvalue weighted by Gasteiger charge is -2.37. The highest BCUT2D eigenvalue weighted by atomic mass is 16.7. The second kappa shape index (κ2) is 11.0. The Bertz CT molecular complexity index is 1600. The number of anilines is 2. The summed E-state index contributed by atoms with van der Waals surface area (Å²) in [6, 6.07) is 9.10. The summed E-state index contributed by atoms with van der Waals surface area (Å²) in [6.45, 7) is 20.0. The summed E-state index contributed by atoms with van der Waals surface area (Å²) in [4.78, 5) is 28.8. The van der Waals surface area contributed by atoms with Crippen molar-refractivity contribution in [3.05, 3.63) is 62.8 Å². The Hall–Kier alpha value is -3.30. The van der Waals surface area contributed by atoms with E-state index in [1.165, 1.54) is 7.11 Å². The molecule has 0 bridgehead atoms. The van der Waals surface area contributed by atoms with Crippen LogP contribution in [0.1, 0.15) is 94.4 Å². The van der Waals surface area contributed by atoms with Crippen molar-refractivity contribution in [1.29, 1.82) is 0 Å². The number of piperidine rings is 1. The van der Waals surface area contributed by atoms with Crippen LogP contribution < -0.4 is 21.1 Å². The van der Waals surface area contributed by atoms with Gasteiger partial charge in [-0.3, -0.25) is 4.79 Å². The third-order valence-corrected chi connectivity index (χ3v) is 9.61. The van der Waals surface area contributed by atoms with Crippen molar-refractivity contribution in [2.24, 2.45) is 5.41 Å². The van der Waals surface area contributed by atoms with Gasteiger partial charge in [0.25, 0.3) is 0 Å². The Morgan fingerprint density at radius 3 is 2.26 bits per heavy atom. The molecule has 1 atom stereocenters. The number of ether oxygens (including phenoxy) is 1. The molecule has 2 aromatic carbocycles. The number of benzene rings is 2. The second-order valence-electron chi connectivity index (χ2n) is 14.0. The summed E-state index contributed by atoms with van der Waals surface area (Å²) in [5.41, 5.74) is 3.71. The minimum Gasteiger partial charge on any atom is -0.465 e. The number of nitrogens with one attached hydrogen (secondary N) is 1. The normalized spacial score (nSPS) is 19.9. The summed E-state index contributed by atoms with van der Waals surface area (Å²) in [7, 11) is 0.572. The lowest BCUT2D eigenvalue weighted by atomic mass is 9.74. The summed E-state index contributed by atoms with van der Waals surface area (Å²) >= 11 is 0. The van der Waals surface area contributed by atoms with Gasteiger partial charge in [0.2, 0.25) is 5.88 Å².